The largest absolute Gasteiger partial charge is 0.323 e. The van der Waals surface area contributed by atoms with E-state index in [-0.39, 0.29) is 11.9 Å². The van der Waals surface area contributed by atoms with E-state index in [1.165, 1.54) is 17.5 Å². The van der Waals surface area contributed by atoms with Crippen LogP contribution in [0, 0.1) is 0 Å². The van der Waals surface area contributed by atoms with Crippen molar-refractivity contribution in [2.75, 3.05) is 18.9 Å². The monoisotopic (exact) mass is 395 g/mol. The second kappa shape index (κ2) is 8.12. The van der Waals surface area contributed by atoms with Crippen molar-refractivity contribution in [2.24, 2.45) is 0 Å². The van der Waals surface area contributed by atoms with Crippen LogP contribution in [0.25, 0.3) is 5.69 Å². The number of aromatic nitrogens is 3. The minimum Gasteiger partial charge on any atom is -0.323 e. The molecule has 3 aromatic rings. The van der Waals surface area contributed by atoms with Crippen LogP contribution in [-0.4, -0.2) is 39.2 Å². The molecule has 1 heterocycles. The molecule has 1 N–H and O–H groups in total. The molecule has 4 rings (SSSR count). The number of hydrogen-bond donors (Lipinski definition) is 1. The molecule has 2 aromatic carbocycles. The molecule has 0 saturated carbocycles. The Hall–Kier alpha value is -2.70. The van der Waals surface area contributed by atoms with Crippen molar-refractivity contribution in [2.45, 2.75) is 25.3 Å². The Kier molecular flexibility index (Phi) is 5.41. The molecule has 1 amide bonds. The summed E-state index contributed by atoms with van der Waals surface area (Å²) in [5.74, 6) is -0.0887. The third kappa shape index (κ3) is 3.93. The zero-order valence-corrected chi connectivity index (χ0v) is 16.4. The van der Waals surface area contributed by atoms with Crippen molar-refractivity contribution in [3.8, 4) is 5.69 Å². The molecule has 144 valence electrons. The van der Waals surface area contributed by atoms with Crippen molar-refractivity contribution in [3.05, 3.63) is 71.3 Å². The Labute approximate surface area is 169 Å². The molecule has 0 bridgehead atoms. The summed E-state index contributed by atoms with van der Waals surface area (Å²) in [5, 5.41) is 7.67. The fourth-order valence-corrected chi connectivity index (χ4v) is 4.03. The van der Waals surface area contributed by atoms with Crippen molar-refractivity contribution >= 4 is 23.2 Å². The number of benzene rings is 2. The minimum absolute atomic E-state index is 0.0887. The van der Waals surface area contributed by atoms with Crippen molar-refractivity contribution in [3.63, 3.8) is 0 Å². The summed E-state index contributed by atoms with van der Waals surface area (Å²) < 4.78 is 1.60. The van der Waals surface area contributed by atoms with Crippen LogP contribution >= 0.6 is 11.6 Å². The van der Waals surface area contributed by atoms with Gasteiger partial charge < -0.3 is 5.32 Å². The van der Waals surface area contributed by atoms with Gasteiger partial charge in [0, 0.05) is 11.1 Å². The van der Waals surface area contributed by atoms with E-state index in [0.29, 0.717) is 17.3 Å². The Morgan fingerprint density at radius 3 is 3.00 bits per heavy atom. The van der Waals surface area contributed by atoms with E-state index in [9.17, 15) is 4.79 Å². The molecule has 1 aromatic heterocycles. The molecule has 0 spiro atoms. The summed E-state index contributed by atoms with van der Waals surface area (Å²) in [6.45, 7) is 0.294. The highest BCUT2D eigenvalue weighted by Gasteiger charge is 2.24. The lowest BCUT2D eigenvalue weighted by atomic mass is 9.87. The number of likely N-dealkylation sites (N-methyl/N-ethyl adjacent to an activating group) is 1. The third-order valence-corrected chi connectivity index (χ3v) is 5.40. The number of aryl methyl sites for hydroxylation is 1. The predicted molar refractivity (Wildman–Crippen MR) is 110 cm³/mol. The summed E-state index contributed by atoms with van der Waals surface area (Å²) in [4.78, 5) is 18.9. The highest BCUT2D eigenvalue weighted by atomic mass is 35.5. The number of nitrogens with zero attached hydrogens (tertiary/aromatic N) is 4. The number of carbonyl (C=O) groups is 1. The van der Waals surface area contributed by atoms with Gasteiger partial charge in [-0.1, -0.05) is 35.9 Å². The second-order valence-electron chi connectivity index (χ2n) is 7.07. The normalized spacial score (nSPS) is 16.0. The molecular formula is C21H22ClN5O. The second-order valence-corrected chi connectivity index (χ2v) is 7.51. The van der Waals surface area contributed by atoms with E-state index in [2.05, 4.69) is 44.6 Å². The lowest BCUT2D eigenvalue weighted by Crippen LogP contribution is -2.35. The Morgan fingerprint density at radius 2 is 2.18 bits per heavy atom. The van der Waals surface area contributed by atoms with Crippen LogP contribution in [-0.2, 0) is 11.2 Å². The maximum absolute atomic E-state index is 12.8. The molecule has 1 aliphatic rings. The molecule has 1 aliphatic carbocycles. The summed E-state index contributed by atoms with van der Waals surface area (Å²) >= 11 is 6.14. The van der Waals surface area contributed by atoms with Crippen LogP contribution in [0.4, 0.5) is 5.69 Å². The molecule has 0 radical (unpaired) electrons. The van der Waals surface area contributed by atoms with Gasteiger partial charge in [0.1, 0.15) is 12.7 Å². The van der Waals surface area contributed by atoms with Crippen LogP contribution in [0.1, 0.15) is 30.0 Å². The van der Waals surface area contributed by atoms with Gasteiger partial charge >= 0.3 is 0 Å². The number of fused-ring (bicyclic) bond motifs is 1. The molecule has 6 nitrogen and oxygen atoms in total. The number of anilines is 1. The maximum atomic E-state index is 12.8. The van der Waals surface area contributed by atoms with Crippen molar-refractivity contribution in [1.29, 1.82) is 0 Å². The van der Waals surface area contributed by atoms with Crippen LogP contribution in [0.3, 0.4) is 0 Å². The minimum atomic E-state index is -0.0887. The van der Waals surface area contributed by atoms with Crippen LogP contribution < -0.4 is 5.32 Å². The number of carbonyl (C=O) groups excluding carboxylic acids is 1. The van der Waals surface area contributed by atoms with E-state index in [1.54, 1.807) is 23.1 Å². The van der Waals surface area contributed by atoms with Gasteiger partial charge in [-0.25, -0.2) is 9.67 Å². The van der Waals surface area contributed by atoms with Gasteiger partial charge in [0.05, 0.1) is 17.9 Å². The van der Waals surface area contributed by atoms with Crippen LogP contribution in [0.15, 0.2) is 55.1 Å². The number of amides is 1. The summed E-state index contributed by atoms with van der Waals surface area (Å²) in [6.07, 6.45) is 6.34. The number of halogens is 1. The van der Waals surface area contributed by atoms with Gasteiger partial charge in [0.2, 0.25) is 5.91 Å². The van der Waals surface area contributed by atoms with Gasteiger partial charge in [-0.3, -0.25) is 9.69 Å². The summed E-state index contributed by atoms with van der Waals surface area (Å²) in [5.41, 5.74) is 4.05. The fourth-order valence-electron chi connectivity index (χ4n) is 3.85. The standard InChI is InChI=1S/C21H22ClN5O/c1-26(19-8-4-6-15-5-2-3-7-17(15)19)12-21(28)25-18-11-16(22)9-10-20(18)27-14-23-13-24-27/h2-3,5,7,9-11,13-14,19H,4,6,8,12H2,1H3,(H,25,28)/t19-/m0/s1. The summed E-state index contributed by atoms with van der Waals surface area (Å²) in [7, 11) is 2.00. The van der Waals surface area contributed by atoms with Gasteiger partial charge in [-0.2, -0.15) is 5.10 Å². The number of rotatable bonds is 5. The first-order chi connectivity index (χ1) is 13.6. The van der Waals surface area contributed by atoms with Crippen molar-refractivity contribution < 1.29 is 4.79 Å². The zero-order chi connectivity index (χ0) is 19.5. The summed E-state index contributed by atoms with van der Waals surface area (Å²) in [6, 6.07) is 14.1. The highest BCUT2D eigenvalue weighted by molar-refractivity contribution is 6.31. The highest BCUT2D eigenvalue weighted by Crippen LogP contribution is 2.33. The quantitative estimate of drug-likeness (QED) is 0.712. The first-order valence-electron chi connectivity index (χ1n) is 9.34. The lowest BCUT2D eigenvalue weighted by Gasteiger charge is -2.33. The zero-order valence-electron chi connectivity index (χ0n) is 15.7. The first kappa shape index (κ1) is 18.7. The maximum Gasteiger partial charge on any atom is 0.238 e. The van der Waals surface area contributed by atoms with Crippen LogP contribution in [0.2, 0.25) is 5.02 Å². The number of hydrogen-bond acceptors (Lipinski definition) is 4. The molecule has 0 aliphatic heterocycles. The Bertz CT molecular complexity index is 973. The molecule has 0 saturated heterocycles. The third-order valence-electron chi connectivity index (χ3n) is 5.16. The predicted octanol–water partition coefficient (Wildman–Crippen LogP) is 3.87. The van der Waals surface area contributed by atoms with Crippen LogP contribution in [0.5, 0.6) is 0 Å². The average Bonchev–Trinajstić information content (AvgIpc) is 3.22. The van der Waals surface area contributed by atoms with Gasteiger partial charge in [-0.15, -0.1) is 0 Å². The van der Waals surface area contributed by atoms with E-state index in [4.69, 9.17) is 11.6 Å². The smallest absolute Gasteiger partial charge is 0.238 e. The number of nitrogens with one attached hydrogen (secondary N) is 1. The van der Waals surface area contributed by atoms with Gasteiger partial charge in [0.15, 0.2) is 0 Å². The molecule has 7 heteroatoms. The Morgan fingerprint density at radius 1 is 1.32 bits per heavy atom. The molecule has 1 atom stereocenters. The SMILES string of the molecule is CN(CC(=O)Nc1cc(Cl)ccc1-n1cncn1)[C@H]1CCCc2ccccc21. The molecule has 0 fully saturated rings. The van der Waals surface area contributed by atoms with E-state index < -0.39 is 0 Å². The Balaban J connectivity index is 1.49. The fraction of sp³-hybridized carbons (Fsp3) is 0.286. The van der Waals surface area contributed by atoms with E-state index in [0.717, 1.165) is 24.9 Å². The van der Waals surface area contributed by atoms with Gasteiger partial charge in [-0.05, 0) is 55.6 Å². The van der Waals surface area contributed by atoms with Gasteiger partial charge in [0.25, 0.3) is 0 Å². The molecule has 28 heavy (non-hydrogen) atoms. The van der Waals surface area contributed by atoms with Crippen molar-refractivity contribution in [1.82, 2.24) is 19.7 Å². The molecule has 0 unspecified atom stereocenters. The lowest BCUT2D eigenvalue weighted by molar-refractivity contribution is -0.117. The van der Waals surface area contributed by atoms with E-state index >= 15 is 0 Å². The average molecular weight is 396 g/mol. The molecular weight excluding hydrogens is 374 g/mol. The first-order valence-corrected chi connectivity index (χ1v) is 9.72. The topological polar surface area (TPSA) is 63.1 Å². The van der Waals surface area contributed by atoms with E-state index in [1.807, 2.05) is 13.1 Å².